The summed E-state index contributed by atoms with van der Waals surface area (Å²) >= 11 is 0. The van der Waals surface area contributed by atoms with Crippen LogP contribution in [-0.4, -0.2) is 43.9 Å². The molecule has 5 rings (SSSR count). The van der Waals surface area contributed by atoms with Crippen LogP contribution in [0.5, 0.6) is 11.5 Å². The van der Waals surface area contributed by atoms with Gasteiger partial charge in [0.05, 0.1) is 37.0 Å². The predicted octanol–water partition coefficient (Wildman–Crippen LogP) is 4.65. The summed E-state index contributed by atoms with van der Waals surface area (Å²) in [6.45, 7) is 3.88. The van der Waals surface area contributed by atoms with Crippen molar-refractivity contribution >= 4 is 22.8 Å². The maximum atomic E-state index is 5.46. The fraction of sp³-hybridized carbons (Fsp3) is 0.160. The van der Waals surface area contributed by atoms with Gasteiger partial charge in [-0.25, -0.2) is 24.6 Å². The predicted molar refractivity (Wildman–Crippen MR) is 130 cm³/mol. The first-order chi connectivity index (χ1) is 16.6. The molecule has 3 heterocycles. The Morgan fingerprint density at radius 1 is 0.824 bits per heavy atom. The fourth-order valence-electron chi connectivity index (χ4n) is 3.75. The van der Waals surface area contributed by atoms with Crippen LogP contribution in [0.4, 0.5) is 11.9 Å². The van der Waals surface area contributed by atoms with E-state index in [2.05, 4.69) is 30.4 Å². The van der Waals surface area contributed by atoms with Gasteiger partial charge in [0.15, 0.2) is 0 Å². The van der Waals surface area contributed by atoms with Crippen molar-refractivity contribution in [3.63, 3.8) is 0 Å². The van der Waals surface area contributed by atoms with E-state index >= 15 is 0 Å². The quantitative estimate of drug-likeness (QED) is 0.397. The number of rotatable bonds is 6. The van der Waals surface area contributed by atoms with Crippen LogP contribution in [0.1, 0.15) is 11.4 Å². The number of anilines is 2. The minimum absolute atomic E-state index is 0.391. The van der Waals surface area contributed by atoms with Crippen molar-refractivity contribution in [2.45, 2.75) is 13.8 Å². The molecule has 34 heavy (non-hydrogen) atoms. The van der Waals surface area contributed by atoms with Gasteiger partial charge in [0.2, 0.25) is 11.9 Å². The first-order valence-electron chi connectivity index (χ1n) is 10.7. The second kappa shape index (κ2) is 8.78. The van der Waals surface area contributed by atoms with Crippen LogP contribution in [0, 0.1) is 13.8 Å². The summed E-state index contributed by atoms with van der Waals surface area (Å²) in [6.07, 6.45) is 3.65. The van der Waals surface area contributed by atoms with Gasteiger partial charge in [0.25, 0.3) is 0 Å². The van der Waals surface area contributed by atoms with Crippen molar-refractivity contribution in [3.05, 3.63) is 72.3 Å². The molecule has 0 aliphatic heterocycles. The summed E-state index contributed by atoms with van der Waals surface area (Å²) in [7, 11) is 3.27. The van der Waals surface area contributed by atoms with Crippen molar-refractivity contribution in [1.29, 1.82) is 0 Å². The Hall–Kier alpha value is -4.53. The zero-order valence-electron chi connectivity index (χ0n) is 19.3. The summed E-state index contributed by atoms with van der Waals surface area (Å²) in [5.41, 5.74) is 4.98. The Morgan fingerprint density at radius 2 is 1.65 bits per heavy atom. The van der Waals surface area contributed by atoms with Crippen molar-refractivity contribution in [1.82, 2.24) is 29.7 Å². The fourth-order valence-corrected chi connectivity index (χ4v) is 3.75. The van der Waals surface area contributed by atoms with E-state index in [1.807, 2.05) is 73.3 Å². The molecule has 170 valence electrons. The highest BCUT2D eigenvalue weighted by Crippen LogP contribution is 2.28. The van der Waals surface area contributed by atoms with Crippen LogP contribution in [0.15, 0.2) is 60.9 Å². The van der Waals surface area contributed by atoms with Crippen molar-refractivity contribution < 1.29 is 9.47 Å². The number of hydrogen-bond donors (Lipinski definition) is 1. The van der Waals surface area contributed by atoms with Crippen LogP contribution in [0.3, 0.4) is 0 Å². The van der Waals surface area contributed by atoms with E-state index in [-0.39, 0.29) is 0 Å². The molecule has 0 aliphatic carbocycles. The zero-order chi connectivity index (χ0) is 23.7. The Morgan fingerprint density at radius 3 is 2.41 bits per heavy atom. The molecular weight excluding hydrogens is 430 g/mol. The van der Waals surface area contributed by atoms with Crippen LogP contribution in [-0.2, 0) is 0 Å². The first kappa shape index (κ1) is 21.3. The SMILES string of the molecule is COc1ccc(-n2cc(-c3ccnc(Nc4nc(C)c5cccc(OC)c5n4)n3)c(C)n2)cc1. The summed E-state index contributed by atoms with van der Waals surface area (Å²) in [4.78, 5) is 18.2. The Balaban J connectivity index is 1.46. The van der Waals surface area contributed by atoms with Crippen molar-refractivity contribution in [2.24, 2.45) is 0 Å². The van der Waals surface area contributed by atoms with Gasteiger partial charge in [-0.3, -0.25) is 5.32 Å². The Labute approximate surface area is 196 Å². The first-order valence-corrected chi connectivity index (χ1v) is 10.7. The maximum absolute atomic E-state index is 5.46. The molecule has 1 N–H and O–H groups in total. The Bertz CT molecular complexity index is 1480. The van der Waals surface area contributed by atoms with Gasteiger partial charge in [-0.1, -0.05) is 12.1 Å². The third-order valence-electron chi connectivity index (χ3n) is 5.49. The molecule has 0 unspecified atom stereocenters. The smallest absolute Gasteiger partial charge is 0.230 e. The molecular formula is C25H23N7O2. The molecule has 0 spiro atoms. The summed E-state index contributed by atoms with van der Waals surface area (Å²) in [5, 5.41) is 8.71. The molecule has 0 saturated heterocycles. The number of aromatic nitrogens is 6. The van der Waals surface area contributed by atoms with E-state index in [1.165, 1.54) is 0 Å². The van der Waals surface area contributed by atoms with Crippen LogP contribution >= 0.6 is 0 Å². The van der Waals surface area contributed by atoms with E-state index in [0.717, 1.165) is 45.0 Å². The summed E-state index contributed by atoms with van der Waals surface area (Å²) in [5.74, 6) is 2.27. The van der Waals surface area contributed by atoms with Gasteiger partial charge < -0.3 is 9.47 Å². The third-order valence-corrected chi connectivity index (χ3v) is 5.49. The average molecular weight is 454 g/mol. The number of para-hydroxylation sites is 1. The molecule has 2 aromatic carbocycles. The monoisotopic (exact) mass is 453 g/mol. The Kier molecular flexibility index (Phi) is 5.51. The van der Waals surface area contributed by atoms with Gasteiger partial charge in [-0.15, -0.1) is 0 Å². The maximum Gasteiger partial charge on any atom is 0.230 e. The lowest BCUT2D eigenvalue weighted by molar-refractivity contribution is 0.414. The molecule has 0 amide bonds. The average Bonchev–Trinajstić information content (AvgIpc) is 3.25. The van der Waals surface area contributed by atoms with Gasteiger partial charge in [-0.2, -0.15) is 5.10 Å². The molecule has 9 nitrogen and oxygen atoms in total. The van der Waals surface area contributed by atoms with E-state index in [0.29, 0.717) is 17.6 Å². The highest BCUT2D eigenvalue weighted by atomic mass is 16.5. The standard InChI is InChI=1S/C25H23N7O2/c1-15-19-6-5-7-22(34-4)23(19)29-25(27-15)30-24-26-13-12-21(28-24)20-14-32(31-16(20)2)17-8-10-18(33-3)11-9-17/h5-14H,1-4H3,(H,26,27,28,29,30). The molecule has 0 saturated carbocycles. The van der Waals surface area contributed by atoms with Gasteiger partial charge in [0.1, 0.15) is 17.0 Å². The number of hydrogen-bond acceptors (Lipinski definition) is 8. The van der Waals surface area contributed by atoms with Crippen LogP contribution in [0.2, 0.25) is 0 Å². The second-order valence-corrected chi connectivity index (χ2v) is 7.65. The molecule has 0 bridgehead atoms. The summed E-state index contributed by atoms with van der Waals surface area (Å²) < 4.78 is 12.5. The lowest BCUT2D eigenvalue weighted by Gasteiger charge is -2.10. The number of methoxy groups -OCH3 is 2. The van der Waals surface area contributed by atoms with Gasteiger partial charge in [0, 0.05) is 23.3 Å². The minimum atomic E-state index is 0.391. The molecule has 0 fully saturated rings. The third kappa shape index (κ3) is 3.99. The number of nitrogens with zero attached hydrogens (tertiary/aromatic N) is 6. The second-order valence-electron chi connectivity index (χ2n) is 7.65. The number of benzene rings is 2. The van der Waals surface area contributed by atoms with Crippen LogP contribution < -0.4 is 14.8 Å². The highest BCUT2D eigenvalue weighted by molar-refractivity contribution is 5.87. The number of ether oxygens (including phenoxy) is 2. The van der Waals surface area contributed by atoms with Gasteiger partial charge >= 0.3 is 0 Å². The molecule has 0 atom stereocenters. The van der Waals surface area contributed by atoms with Gasteiger partial charge in [-0.05, 0) is 50.2 Å². The number of nitrogens with one attached hydrogen (secondary N) is 1. The van der Waals surface area contributed by atoms with Crippen molar-refractivity contribution in [2.75, 3.05) is 19.5 Å². The van der Waals surface area contributed by atoms with Crippen molar-refractivity contribution in [3.8, 4) is 28.4 Å². The van der Waals surface area contributed by atoms with Crippen LogP contribution in [0.25, 0.3) is 27.8 Å². The minimum Gasteiger partial charge on any atom is -0.497 e. The number of aryl methyl sites for hydroxylation is 2. The zero-order valence-corrected chi connectivity index (χ0v) is 19.3. The van der Waals surface area contributed by atoms with E-state index in [9.17, 15) is 0 Å². The normalized spacial score (nSPS) is 10.9. The lowest BCUT2D eigenvalue weighted by Crippen LogP contribution is -2.04. The van der Waals surface area contributed by atoms with E-state index in [4.69, 9.17) is 9.47 Å². The molecule has 0 aliphatic rings. The molecule has 3 aromatic heterocycles. The highest BCUT2D eigenvalue weighted by Gasteiger charge is 2.13. The van der Waals surface area contributed by atoms with E-state index in [1.54, 1.807) is 20.4 Å². The lowest BCUT2D eigenvalue weighted by atomic mass is 10.2. The van der Waals surface area contributed by atoms with E-state index < -0.39 is 0 Å². The molecule has 0 radical (unpaired) electrons. The molecule has 9 heteroatoms. The largest absolute Gasteiger partial charge is 0.497 e. The molecule has 5 aromatic rings. The topological polar surface area (TPSA) is 99.9 Å². The number of fused-ring (bicyclic) bond motifs is 1. The summed E-state index contributed by atoms with van der Waals surface area (Å²) in [6, 6.07) is 15.3.